The number of hydrogen-bond acceptors (Lipinski definition) is 4. The average Bonchev–Trinajstić information content (AvgIpc) is 2.43. The number of aryl methyl sites for hydroxylation is 1. The summed E-state index contributed by atoms with van der Waals surface area (Å²) in [6, 6.07) is 7.70. The predicted molar refractivity (Wildman–Crippen MR) is 89.2 cm³/mol. The molecule has 1 N–H and O–H groups in total. The zero-order valence-corrected chi connectivity index (χ0v) is 14.4. The molecule has 0 unspecified atom stereocenters. The molecule has 0 aliphatic rings. The lowest BCUT2D eigenvalue weighted by atomic mass is 10.2. The second kappa shape index (κ2) is 6.89. The van der Waals surface area contributed by atoms with Gasteiger partial charge in [0.25, 0.3) is 0 Å². The lowest BCUT2D eigenvalue weighted by Crippen LogP contribution is -2.05. The Labute approximate surface area is 134 Å². The summed E-state index contributed by atoms with van der Waals surface area (Å²) in [4.78, 5) is 8.96. The third kappa shape index (κ3) is 4.17. The summed E-state index contributed by atoms with van der Waals surface area (Å²) >= 11 is 3.49. The summed E-state index contributed by atoms with van der Waals surface area (Å²) in [5.74, 6) is 3.15. The highest BCUT2D eigenvalue weighted by atomic mass is 79.9. The summed E-state index contributed by atoms with van der Waals surface area (Å²) in [7, 11) is 0. The van der Waals surface area contributed by atoms with E-state index in [2.05, 4.69) is 45.1 Å². The zero-order chi connectivity index (χ0) is 15.4. The molecular weight excluding hydrogens is 330 g/mol. The first-order valence-corrected chi connectivity index (χ1v) is 7.85. The van der Waals surface area contributed by atoms with E-state index in [1.54, 1.807) is 0 Å². The van der Waals surface area contributed by atoms with Crippen LogP contribution in [0.4, 0.5) is 5.82 Å². The molecule has 1 aromatic carbocycles. The van der Waals surface area contributed by atoms with Crippen LogP contribution >= 0.6 is 15.9 Å². The minimum absolute atomic E-state index is 0.248. The number of aromatic nitrogens is 2. The van der Waals surface area contributed by atoms with Gasteiger partial charge in [0.2, 0.25) is 5.88 Å². The van der Waals surface area contributed by atoms with Gasteiger partial charge in [0, 0.05) is 23.0 Å². The van der Waals surface area contributed by atoms with E-state index in [0.717, 1.165) is 34.0 Å². The number of ether oxygens (including phenoxy) is 1. The first-order valence-electron chi connectivity index (χ1n) is 7.06. The Kier molecular flexibility index (Phi) is 5.17. The molecule has 112 valence electrons. The van der Waals surface area contributed by atoms with E-state index in [-0.39, 0.29) is 5.92 Å². The molecule has 0 saturated heterocycles. The fraction of sp³-hybridized carbons (Fsp3) is 0.375. The molecule has 5 heteroatoms. The number of benzene rings is 1. The SMILES string of the molecule is CCNc1cc(Oc2ccc(Br)c(C)c2)nc(C(C)C)n1. The van der Waals surface area contributed by atoms with Crippen molar-refractivity contribution in [2.75, 3.05) is 11.9 Å². The average molecular weight is 350 g/mol. The molecule has 0 fully saturated rings. The van der Waals surface area contributed by atoms with Crippen LogP contribution in [0, 0.1) is 6.92 Å². The molecule has 0 amide bonds. The van der Waals surface area contributed by atoms with Gasteiger partial charge in [-0.25, -0.2) is 4.98 Å². The largest absolute Gasteiger partial charge is 0.439 e. The highest BCUT2D eigenvalue weighted by Crippen LogP contribution is 2.27. The molecule has 1 heterocycles. The molecular formula is C16H20BrN3O. The van der Waals surface area contributed by atoms with Crippen LogP contribution in [0.2, 0.25) is 0 Å². The number of nitrogens with one attached hydrogen (secondary N) is 1. The normalized spacial score (nSPS) is 10.8. The van der Waals surface area contributed by atoms with Crippen molar-refractivity contribution in [3.8, 4) is 11.6 Å². The predicted octanol–water partition coefficient (Wildman–Crippen LogP) is 4.90. The topological polar surface area (TPSA) is 47.0 Å². The quantitative estimate of drug-likeness (QED) is 0.834. The number of anilines is 1. The molecule has 0 radical (unpaired) electrons. The van der Waals surface area contributed by atoms with E-state index in [0.29, 0.717) is 5.88 Å². The molecule has 2 rings (SSSR count). The summed E-state index contributed by atoms with van der Waals surface area (Å²) in [5.41, 5.74) is 1.12. The molecule has 0 atom stereocenters. The van der Waals surface area contributed by atoms with Gasteiger partial charge in [0.1, 0.15) is 17.4 Å². The number of hydrogen-bond donors (Lipinski definition) is 1. The van der Waals surface area contributed by atoms with E-state index in [4.69, 9.17) is 4.74 Å². The minimum atomic E-state index is 0.248. The lowest BCUT2D eigenvalue weighted by molar-refractivity contribution is 0.457. The molecule has 0 aliphatic heterocycles. The summed E-state index contributed by atoms with van der Waals surface area (Å²) < 4.78 is 6.94. The third-order valence-electron chi connectivity index (χ3n) is 2.95. The van der Waals surface area contributed by atoms with E-state index in [1.807, 2.05) is 38.1 Å². The Hall–Kier alpha value is -1.62. The molecule has 2 aromatic rings. The Morgan fingerprint density at radius 3 is 2.62 bits per heavy atom. The van der Waals surface area contributed by atoms with Gasteiger partial charge in [-0.15, -0.1) is 0 Å². The summed E-state index contributed by atoms with van der Waals surface area (Å²) in [6.45, 7) is 9.01. The van der Waals surface area contributed by atoms with Gasteiger partial charge in [-0.2, -0.15) is 4.98 Å². The molecule has 4 nitrogen and oxygen atoms in total. The van der Waals surface area contributed by atoms with Gasteiger partial charge in [-0.3, -0.25) is 0 Å². The van der Waals surface area contributed by atoms with Gasteiger partial charge in [-0.05, 0) is 37.6 Å². The highest BCUT2D eigenvalue weighted by molar-refractivity contribution is 9.10. The second-order valence-corrected chi connectivity index (χ2v) is 6.00. The second-order valence-electron chi connectivity index (χ2n) is 5.15. The first-order chi connectivity index (χ1) is 9.99. The van der Waals surface area contributed by atoms with Crippen molar-refractivity contribution in [2.24, 2.45) is 0 Å². The maximum absolute atomic E-state index is 5.88. The van der Waals surface area contributed by atoms with E-state index < -0.39 is 0 Å². The highest BCUT2D eigenvalue weighted by Gasteiger charge is 2.10. The molecule has 0 spiro atoms. The van der Waals surface area contributed by atoms with Crippen LogP contribution in [-0.4, -0.2) is 16.5 Å². The number of halogens is 1. The summed E-state index contributed by atoms with van der Waals surface area (Å²) in [5, 5.41) is 3.21. The van der Waals surface area contributed by atoms with Crippen molar-refractivity contribution >= 4 is 21.7 Å². The zero-order valence-electron chi connectivity index (χ0n) is 12.8. The first kappa shape index (κ1) is 15.8. The van der Waals surface area contributed by atoms with Gasteiger partial charge in [-0.1, -0.05) is 29.8 Å². The molecule has 0 bridgehead atoms. The summed E-state index contributed by atoms with van der Waals surface area (Å²) in [6.07, 6.45) is 0. The van der Waals surface area contributed by atoms with Gasteiger partial charge in [0.05, 0.1) is 0 Å². The van der Waals surface area contributed by atoms with E-state index >= 15 is 0 Å². The van der Waals surface area contributed by atoms with Crippen molar-refractivity contribution in [3.63, 3.8) is 0 Å². The van der Waals surface area contributed by atoms with Crippen molar-refractivity contribution in [3.05, 3.63) is 40.1 Å². The Morgan fingerprint density at radius 2 is 2.00 bits per heavy atom. The van der Waals surface area contributed by atoms with E-state index in [1.165, 1.54) is 0 Å². The van der Waals surface area contributed by atoms with Crippen LogP contribution in [0.3, 0.4) is 0 Å². The molecule has 0 saturated carbocycles. The Balaban J connectivity index is 2.31. The van der Waals surface area contributed by atoms with Crippen LogP contribution < -0.4 is 10.1 Å². The van der Waals surface area contributed by atoms with Crippen molar-refractivity contribution in [1.29, 1.82) is 0 Å². The smallest absolute Gasteiger partial charge is 0.224 e. The van der Waals surface area contributed by atoms with Crippen LogP contribution in [0.1, 0.15) is 38.1 Å². The van der Waals surface area contributed by atoms with Crippen LogP contribution in [0.15, 0.2) is 28.7 Å². The molecule has 21 heavy (non-hydrogen) atoms. The van der Waals surface area contributed by atoms with Gasteiger partial charge >= 0.3 is 0 Å². The fourth-order valence-electron chi connectivity index (χ4n) is 1.83. The standard InChI is InChI=1S/C16H20BrN3O/c1-5-18-14-9-15(20-16(19-14)10(2)3)21-12-6-7-13(17)11(4)8-12/h6-10H,5H2,1-4H3,(H,18,19,20). The van der Waals surface area contributed by atoms with Crippen LogP contribution in [0.5, 0.6) is 11.6 Å². The molecule has 0 aliphatic carbocycles. The minimum Gasteiger partial charge on any atom is -0.439 e. The Bertz CT molecular complexity index is 629. The maximum atomic E-state index is 5.88. The molecule has 1 aromatic heterocycles. The van der Waals surface area contributed by atoms with Crippen LogP contribution in [-0.2, 0) is 0 Å². The lowest BCUT2D eigenvalue weighted by Gasteiger charge is -2.12. The van der Waals surface area contributed by atoms with E-state index in [9.17, 15) is 0 Å². The van der Waals surface area contributed by atoms with Crippen LogP contribution in [0.25, 0.3) is 0 Å². The van der Waals surface area contributed by atoms with Crippen molar-refractivity contribution in [2.45, 2.75) is 33.6 Å². The van der Waals surface area contributed by atoms with Crippen molar-refractivity contribution < 1.29 is 4.74 Å². The van der Waals surface area contributed by atoms with Crippen molar-refractivity contribution in [1.82, 2.24) is 9.97 Å². The number of nitrogens with zero attached hydrogens (tertiary/aromatic N) is 2. The van der Waals surface area contributed by atoms with Gasteiger partial charge < -0.3 is 10.1 Å². The fourth-order valence-corrected chi connectivity index (χ4v) is 2.07. The Morgan fingerprint density at radius 1 is 1.24 bits per heavy atom. The number of rotatable bonds is 5. The third-order valence-corrected chi connectivity index (χ3v) is 3.84. The van der Waals surface area contributed by atoms with Gasteiger partial charge in [0.15, 0.2) is 0 Å². The maximum Gasteiger partial charge on any atom is 0.224 e. The monoisotopic (exact) mass is 349 g/mol.